The van der Waals surface area contributed by atoms with Gasteiger partial charge in [-0.3, -0.25) is 9.58 Å². The highest BCUT2D eigenvalue weighted by atomic mass is 19.1. The maximum Gasteiger partial charge on any atom is 0.226 e. The highest BCUT2D eigenvalue weighted by molar-refractivity contribution is 5.52. The molecule has 0 N–H and O–H groups in total. The molecule has 0 unspecified atom stereocenters. The molecule has 0 bridgehead atoms. The van der Waals surface area contributed by atoms with Crippen LogP contribution in [0.25, 0.3) is 11.5 Å². The van der Waals surface area contributed by atoms with E-state index in [0.29, 0.717) is 11.9 Å². The van der Waals surface area contributed by atoms with Crippen molar-refractivity contribution < 1.29 is 8.81 Å². The lowest BCUT2D eigenvalue weighted by Gasteiger charge is -2.34. The van der Waals surface area contributed by atoms with Gasteiger partial charge in [-0.15, -0.1) is 0 Å². The average molecular weight is 341 g/mol. The molecule has 1 fully saturated rings. The van der Waals surface area contributed by atoms with Gasteiger partial charge in [-0.25, -0.2) is 14.4 Å². The third-order valence-electron chi connectivity index (χ3n) is 4.62. The molecule has 0 amide bonds. The van der Waals surface area contributed by atoms with Gasteiger partial charge >= 0.3 is 0 Å². The lowest BCUT2D eigenvalue weighted by Crippen LogP contribution is -2.41. The summed E-state index contributed by atoms with van der Waals surface area (Å²) in [7, 11) is 0. The number of rotatable bonds is 5. The number of halogens is 1. The normalized spacial score (nSPS) is 18.5. The Kier molecular flexibility index (Phi) is 4.56. The van der Waals surface area contributed by atoms with E-state index in [1.165, 1.54) is 25.0 Å². The fraction of sp³-hybridized carbons (Fsp3) is 0.389. The maximum atomic E-state index is 13.0. The van der Waals surface area contributed by atoms with Gasteiger partial charge in [0.05, 0.1) is 12.2 Å². The Balaban J connectivity index is 1.45. The predicted molar refractivity (Wildman–Crippen MR) is 90.0 cm³/mol. The monoisotopic (exact) mass is 341 g/mol. The van der Waals surface area contributed by atoms with E-state index >= 15 is 0 Å². The summed E-state index contributed by atoms with van der Waals surface area (Å²) in [5.41, 5.74) is 1.68. The van der Waals surface area contributed by atoms with Crippen LogP contribution in [-0.4, -0.2) is 37.2 Å². The molecular weight excluding hydrogens is 321 g/mol. The molecule has 1 saturated heterocycles. The molecule has 2 aromatic heterocycles. The molecule has 3 heterocycles. The van der Waals surface area contributed by atoms with Gasteiger partial charge in [-0.05, 0) is 43.7 Å². The highest BCUT2D eigenvalue weighted by Gasteiger charge is 2.24. The minimum absolute atomic E-state index is 0.264. The molecule has 1 aromatic carbocycles. The lowest BCUT2D eigenvalue weighted by atomic mass is 10.0. The summed E-state index contributed by atoms with van der Waals surface area (Å²) in [4.78, 5) is 11.0. The zero-order chi connectivity index (χ0) is 17.1. The number of oxazole rings is 1. The first kappa shape index (κ1) is 16.0. The molecule has 6 nitrogen and oxygen atoms in total. The molecule has 0 aliphatic carbocycles. The number of hydrogen-bond donors (Lipinski definition) is 0. The Morgan fingerprint density at radius 2 is 2.08 bits per heavy atom. The van der Waals surface area contributed by atoms with E-state index in [2.05, 4.69) is 20.0 Å². The summed E-state index contributed by atoms with van der Waals surface area (Å²) < 4.78 is 20.5. The van der Waals surface area contributed by atoms with Gasteiger partial charge in [0.15, 0.2) is 0 Å². The molecule has 25 heavy (non-hydrogen) atoms. The molecule has 1 aliphatic heterocycles. The van der Waals surface area contributed by atoms with Gasteiger partial charge in [-0.1, -0.05) is 6.42 Å². The van der Waals surface area contributed by atoms with Gasteiger partial charge in [0, 0.05) is 18.2 Å². The number of nitrogens with zero attached hydrogens (tertiary/aromatic N) is 5. The smallest absolute Gasteiger partial charge is 0.226 e. The molecule has 1 atom stereocenters. The topological polar surface area (TPSA) is 60.0 Å². The van der Waals surface area contributed by atoms with Crippen molar-refractivity contribution in [3.05, 3.63) is 54.7 Å². The van der Waals surface area contributed by atoms with Crippen LogP contribution in [0.5, 0.6) is 0 Å². The first-order chi connectivity index (χ1) is 12.3. The maximum absolute atomic E-state index is 13.0. The Morgan fingerprint density at radius 1 is 1.20 bits per heavy atom. The van der Waals surface area contributed by atoms with Crippen LogP contribution in [0.2, 0.25) is 0 Å². The number of aromatic nitrogens is 4. The molecule has 0 spiro atoms. The number of likely N-dealkylation sites (tertiary alicyclic amines) is 1. The van der Waals surface area contributed by atoms with Crippen molar-refractivity contribution in [1.29, 1.82) is 0 Å². The lowest BCUT2D eigenvalue weighted by molar-refractivity contribution is 0.120. The SMILES string of the molecule is Fc1ccc(-c2nc(CN3CCCC[C@@H]3Cn3cncn3)co2)cc1. The summed E-state index contributed by atoms with van der Waals surface area (Å²) in [6.45, 7) is 2.62. The predicted octanol–water partition coefficient (Wildman–Crippen LogP) is 3.13. The van der Waals surface area contributed by atoms with Crippen molar-refractivity contribution in [2.75, 3.05) is 6.54 Å². The zero-order valence-electron chi connectivity index (χ0n) is 13.9. The van der Waals surface area contributed by atoms with Gasteiger partial charge in [-0.2, -0.15) is 5.10 Å². The second-order valence-corrected chi connectivity index (χ2v) is 6.39. The van der Waals surface area contributed by atoms with Crippen molar-refractivity contribution in [3.63, 3.8) is 0 Å². The zero-order valence-corrected chi connectivity index (χ0v) is 13.9. The van der Waals surface area contributed by atoms with Crippen LogP contribution >= 0.6 is 0 Å². The Morgan fingerprint density at radius 3 is 2.88 bits per heavy atom. The van der Waals surface area contributed by atoms with Crippen LogP contribution in [-0.2, 0) is 13.1 Å². The first-order valence-electron chi connectivity index (χ1n) is 8.55. The van der Waals surface area contributed by atoms with Crippen LogP contribution in [0.1, 0.15) is 25.0 Å². The van der Waals surface area contributed by atoms with E-state index < -0.39 is 0 Å². The molecule has 0 saturated carbocycles. The summed E-state index contributed by atoms with van der Waals surface area (Å²) in [6.07, 6.45) is 8.59. The van der Waals surface area contributed by atoms with Crippen molar-refractivity contribution >= 4 is 0 Å². The third-order valence-corrected chi connectivity index (χ3v) is 4.62. The largest absolute Gasteiger partial charge is 0.444 e. The van der Waals surface area contributed by atoms with Gasteiger partial charge in [0.2, 0.25) is 5.89 Å². The second-order valence-electron chi connectivity index (χ2n) is 6.39. The van der Waals surface area contributed by atoms with E-state index in [1.807, 2.05) is 4.68 Å². The van der Waals surface area contributed by atoms with Crippen LogP contribution < -0.4 is 0 Å². The van der Waals surface area contributed by atoms with Crippen LogP contribution in [0.3, 0.4) is 0 Å². The van der Waals surface area contributed by atoms with E-state index in [4.69, 9.17) is 4.42 Å². The van der Waals surface area contributed by atoms with E-state index in [-0.39, 0.29) is 5.82 Å². The fourth-order valence-corrected chi connectivity index (χ4v) is 3.33. The number of hydrogen-bond acceptors (Lipinski definition) is 5. The van der Waals surface area contributed by atoms with E-state index in [1.54, 1.807) is 31.1 Å². The highest BCUT2D eigenvalue weighted by Crippen LogP contribution is 2.23. The molecule has 7 heteroatoms. The van der Waals surface area contributed by atoms with E-state index in [9.17, 15) is 4.39 Å². The van der Waals surface area contributed by atoms with Crippen molar-refractivity contribution in [2.24, 2.45) is 0 Å². The van der Waals surface area contributed by atoms with Crippen LogP contribution in [0, 0.1) is 5.82 Å². The van der Waals surface area contributed by atoms with Crippen molar-refractivity contribution in [1.82, 2.24) is 24.6 Å². The Hall–Kier alpha value is -2.54. The molecular formula is C18H20FN5O. The fourth-order valence-electron chi connectivity index (χ4n) is 3.33. The minimum Gasteiger partial charge on any atom is -0.444 e. The molecule has 1 aliphatic rings. The van der Waals surface area contributed by atoms with Gasteiger partial charge in [0.25, 0.3) is 0 Å². The number of benzene rings is 1. The van der Waals surface area contributed by atoms with Gasteiger partial charge in [0.1, 0.15) is 24.7 Å². The van der Waals surface area contributed by atoms with E-state index in [0.717, 1.165) is 37.3 Å². The summed E-state index contributed by atoms with van der Waals surface area (Å²) in [6, 6.07) is 6.61. The van der Waals surface area contributed by atoms with Crippen molar-refractivity contribution in [3.8, 4) is 11.5 Å². The first-order valence-corrected chi connectivity index (χ1v) is 8.55. The van der Waals surface area contributed by atoms with Gasteiger partial charge < -0.3 is 4.42 Å². The van der Waals surface area contributed by atoms with Crippen LogP contribution in [0.4, 0.5) is 4.39 Å². The molecule has 130 valence electrons. The third kappa shape index (κ3) is 3.76. The second kappa shape index (κ2) is 7.14. The minimum atomic E-state index is -0.264. The number of piperidine rings is 1. The quantitative estimate of drug-likeness (QED) is 0.713. The van der Waals surface area contributed by atoms with Crippen LogP contribution in [0.15, 0.2) is 47.6 Å². The summed E-state index contributed by atoms with van der Waals surface area (Å²) >= 11 is 0. The molecule has 3 aromatic rings. The summed E-state index contributed by atoms with van der Waals surface area (Å²) in [5, 5.41) is 4.22. The average Bonchev–Trinajstić information content (AvgIpc) is 3.29. The Bertz CT molecular complexity index is 799. The molecule has 4 rings (SSSR count). The standard InChI is InChI=1S/C18H20FN5O/c19-15-6-4-14(5-7-15)18-22-16(11-25-18)9-23-8-2-1-3-17(23)10-24-13-20-12-21-24/h4-7,11-13,17H,1-3,8-10H2/t17-/m1/s1. The van der Waals surface area contributed by atoms with Crippen molar-refractivity contribution in [2.45, 2.75) is 38.4 Å². The summed E-state index contributed by atoms with van der Waals surface area (Å²) in [5.74, 6) is 0.264. The Labute approximate surface area is 145 Å². The molecule has 0 radical (unpaired) electrons.